The van der Waals surface area contributed by atoms with Gasteiger partial charge in [0.05, 0.1) is 5.39 Å². The third kappa shape index (κ3) is 3.97. The first-order valence-corrected chi connectivity index (χ1v) is 8.92. The van der Waals surface area contributed by atoms with Crippen molar-refractivity contribution in [3.63, 3.8) is 0 Å². The van der Waals surface area contributed by atoms with Crippen LogP contribution < -0.4 is 10.6 Å². The number of carbonyl (C=O) groups excluding carboxylic acids is 1. The number of amides is 1. The Morgan fingerprint density at radius 2 is 1.92 bits per heavy atom. The lowest BCUT2D eigenvalue weighted by atomic mass is 10.2. The van der Waals surface area contributed by atoms with Crippen LogP contribution in [0.25, 0.3) is 10.2 Å². The number of anilines is 2. The first-order chi connectivity index (χ1) is 12.5. The molecule has 0 aliphatic heterocycles. The van der Waals surface area contributed by atoms with E-state index in [2.05, 4.69) is 33.6 Å². The van der Waals surface area contributed by atoms with Gasteiger partial charge in [-0.25, -0.2) is 9.97 Å². The smallest absolute Gasteiger partial charge is 0.322 e. The largest absolute Gasteiger partial charge is 0.480 e. The molecule has 0 aliphatic carbocycles. The minimum Gasteiger partial charge on any atom is -0.480 e. The molecule has 3 aromatic rings. The molecule has 2 aromatic heterocycles. The van der Waals surface area contributed by atoms with E-state index in [0.29, 0.717) is 11.4 Å². The van der Waals surface area contributed by atoms with Crippen molar-refractivity contribution >= 4 is 44.9 Å². The standard InChI is InChI=1S/C18H18N4O3S/c1-3-13-8-14-16(20-10(2)21-18(14)26-13)22-12-6-4-11(5-7-12)17(25)19-9-15(23)24/h4-8H,3,9H2,1-2H3,(H,19,25)(H,23,24)(H,20,21,22). The van der Waals surface area contributed by atoms with E-state index in [0.717, 1.165) is 28.1 Å². The van der Waals surface area contributed by atoms with Gasteiger partial charge in [-0.05, 0) is 43.7 Å². The number of aliphatic carboxylic acids is 1. The summed E-state index contributed by atoms with van der Waals surface area (Å²) in [5.41, 5.74) is 1.17. The van der Waals surface area contributed by atoms with Crippen LogP contribution in [0.1, 0.15) is 28.0 Å². The van der Waals surface area contributed by atoms with Crippen LogP contribution in [-0.4, -0.2) is 33.5 Å². The summed E-state index contributed by atoms with van der Waals surface area (Å²) >= 11 is 1.66. The summed E-state index contributed by atoms with van der Waals surface area (Å²) in [6.45, 7) is 3.55. The van der Waals surface area contributed by atoms with Crippen molar-refractivity contribution in [2.24, 2.45) is 0 Å². The van der Waals surface area contributed by atoms with Crippen LogP contribution in [0.2, 0.25) is 0 Å². The Bertz CT molecular complexity index is 966. The molecule has 0 atom stereocenters. The van der Waals surface area contributed by atoms with Crippen LogP contribution in [0.4, 0.5) is 11.5 Å². The molecule has 3 N–H and O–H groups in total. The molecule has 0 radical (unpaired) electrons. The minimum atomic E-state index is -1.08. The molecule has 0 fully saturated rings. The van der Waals surface area contributed by atoms with E-state index in [-0.39, 0.29) is 0 Å². The predicted octanol–water partition coefficient (Wildman–Crippen LogP) is 3.12. The van der Waals surface area contributed by atoms with Crippen LogP contribution in [0.15, 0.2) is 30.3 Å². The summed E-state index contributed by atoms with van der Waals surface area (Å²) < 4.78 is 0. The van der Waals surface area contributed by atoms with Gasteiger partial charge in [0.1, 0.15) is 23.0 Å². The van der Waals surface area contributed by atoms with Crippen LogP contribution in [-0.2, 0) is 11.2 Å². The van der Waals surface area contributed by atoms with Gasteiger partial charge in [-0.3, -0.25) is 9.59 Å². The fourth-order valence-electron chi connectivity index (χ4n) is 2.45. The number of hydrogen-bond donors (Lipinski definition) is 3. The maximum atomic E-state index is 11.9. The van der Waals surface area contributed by atoms with Gasteiger partial charge in [0, 0.05) is 16.1 Å². The minimum absolute atomic E-state index is 0.393. The first-order valence-electron chi connectivity index (χ1n) is 8.10. The van der Waals surface area contributed by atoms with E-state index in [1.54, 1.807) is 35.6 Å². The molecular weight excluding hydrogens is 352 g/mol. The maximum absolute atomic E-state index is 11.9. The van der Waals surface area contributed by atoms with Gasteiger partial charge in [-0.1, -0.05) is 6.92 Å². The Kier molecular flexibility index (Phi) is 5.13. The Morgan fingerprint density at radius 3 is 2.58 bits per heavy atom. The lowest BCUT2D eigenvalue weighted by Gasteiger charge is -2.08. The van der Waals surface area contributed by atoms with Gasteiger partial charge < -0.3 is 15.7 Å². The highest BCUT2D eigenvalue weighted by Crippen LogP contribution is 2.30. The monoisotopic (exact) mass is 370 g/mol. The molecule has 0 saturated carbocycles. The summed E-state index contributed by atoms with van der Waals surface area (Å²) in [5.74, 6) is -0.0904. The van der Waals surface area contributed by atoms with Crippen LogP contribution in [0.5, 0.6) is 0 Å². The molecule has 0 aliphatic rings. The molecule has 1 aromatic carbocycles. The zero-order valence-corrected chi connectivity index (χ0v) is 15.2. The summed E-state index contributed by atoms with van der Waals surface area (Å²) in [5, 5.41) is 15.2. The lowest BCUT2D eigenvalue weighted by Crippen LogP contribution is -2.29. The Morgan fingerprint density at radius 1 is 1.19 bits per heavy atom. The number of rotatable bonds is 6. The maximum Gasteiger partial charge on any atom is 0.322 e. The topological polar surface area (TPSA) is 104 Å². The fourth-order valence-corrected chi connectivity index (χ4v) is 3.46. The second kappa shape index (κ2) is 7.49. The Labute approximate surface area is 154 Å². The third-order valence-corrected chi connectivity index (χ3v) is 4.89. The number of thiophene rings is 1. The number of nitrogens with zero attached hydrogens (tertiary/aromatic N) is 2. The van der Waals surface area contributed by atoms with Crippen molar-refractivity contribution in [3.8, 4) is 0 Å². The number of fused-ring (bicyclic) bond motifs is 1. The first kappa shape index (κ1) is 17.8. The summed E-state index contributed by atoms with van der Waals surface area (Å²) in [6.07, 6.45) is 0.944. The number of nitrogens with one attached hydrogen (secondary N) is 2. The average molecular weight is 370 g/mol. The summed E-state index contributed by atoms with van der Waals surface area (Å²) in [7, 11) is 0. The molecule has 8 heteroatoms. The van der Waals surface area contributed by atoms with Gasteiger partial charge in [-0.15, -0.1) is 11.3 Å². The van der Waals surface area contributed by atoms with Crippen LogP contribution in [0, 0.1) is 6.92 Å². The Balaban J connectivity index is 1.81. The second-order valence-corrected chi connectivity index (χ2v) is 6.80. The third-order valence-electron chi connectivity index (χ3n) is 3.71. The van der Waals surface area contributed by atoms with E-state index in [4.69, 9.17) is 5.11 Å². The number of benzene rings is 1. The van der Waals surface area contributed by atoms with Crippen molar-refractivity contribution in [2.75, 3.05) is 11.9 Å². The highest BCUT2D eigenvalue weighted by Gasteiger charge is 2.11. The molecule has 0 saturated heterocycles. The molecule has 0 bridgehead atoms. The van der Waals surface area contributed by atoms with E-state index in [1.165, 1.54) is 4.88 Å². The number of carboxylic acid groups (broad SMARTS) is 1. The predicted molar refractivity (Wildman–Crippen MR) is 101 cm³/mol. The van der Waals surface area contributed by atoms with Crippen molar-refractivity contribution in [1.82, 2.24) is 15.3 Å². The molecule has 1 amide bonds. The fraction of sp³-hybridized carbons (Fsp3) is 0.222. The Hall–Kier alpha value is -3.00. The molecule has 0 spiro atoms. The highest BCUT2D eigenvalue weighted by atomic mass is 32.1. The average Bonchev–Trinajstić information content (AvgIpc) is 3.03. The van der Waals surface area contributed by atoms with Gasteiger partial charge in [0.25, 0.3) is 5.91 Å². The zero-order chi connectivity index (χ0) is 18.7. The number of hydrogen-bond acceptors (Lipinski definition) is 6. The SMILES string of the molecule is CCc1cc2c(Nc3ccc(C(=O)NCC(=O)O)cc3)nc(C)nc2s1. The quantitative estimate of drug-likeness (QED) is 0.616. The van der Waals surface area contributed by atoms with Crippen LogP contribution >= 0.6 is 11.3 Å². The van der Waals surface area contributed by atoms with E-state index in [9.17, 15) is 9.59 Å². The number of aromatic nitrogens is 2. The van der Waals surface area contributed by atoms with Gasteiger partial charge in [0.15, 0.2) is 0 Å². The van der Waals surface area contributed by atoms with Gasteiger partial charge in [0.2, 0.25) is 0 Å². The van der Waals surface area contributed by atoms with Crippen molar-refractivity contribution in [3.05, 3.63) is 46.6 Å². The molecule has 2 heterocycles. The normalized spacial score (nSPS) is 10.7. The van der Waals surface area contributed by atoms with Gasteiger partial charge in [-0.2, -0.15) is 0 Å². The van der Waals surface area contributed by atoms with Crippen molar-refractivity contribution < 1.29 is 14.7 Å². The number of carboxylic acids is 1. The number of carbonyl (C=O) groups is 2. The summed E-state index contributed by atoms with van der Waals surface area (Å²) in [6, 6.07) is 8.87. The lowest BCUT2D eigenvalue weighted by molar-refractivity contribution is -0.135. The molecule has 3 rings (SSSR count). The van der Waals surface area contributed by atoms with Crippen molar-refractivity contribution in [1.29, 1.82) is 0 Å². The zero-order valence-electron chi connectivity index (χ0n) is 14.4. The molecular formula is C18H18N4O3S. The molecule has 7 nitrogen and oxygen atoms in total. The summed E-state index contributed by atoms with van der Waals surface area (Å²) in [4.78, 5) is 33.5. The second-order valence-electron chi connectivity index (χ2n) is 5.68. The van der Waals surface area contributed by atoms with E-state index < -0.39 is 18.4 Å². The molecule has 134 valence electrons. The van der Waals surface area contributed by atoms with Gasteiger partial charge >= 0.3 is 5.97 Å². The highest BCUT2D eigenvalue weighted by molar-refractivity contribution is 7.18. The van der Waals surface area contributed by atoms with Crippen molar-refractivity contribution in [2.45, 2.75) is 20.3 Å². The molecule has 0 unspecified atom stereocenters. The van der Waals surface area contributed by atoms with Crippen LogP contribution in [0.3, 0.4) is 0 Å². The number of aryl methyl sites for hydroxylation is 2. The molecule has 26 heavy (non-hydrogen) atoms. The van der Waals surface area contributed by atoms with E-state index >= 15 is 0 Å². The van der Waals surface area contributed by atoms with E-state index in [1.807, 2.05) is 6.92 Å².